The van der Waals surface area contributed by atoms with Crippen LogP contribution in [-0.2, 0) is 19.5 Å². The molecule has 1 amide bonds. The fourth-order valence-corrected chi connectivity index (χ4v) is 2.92. The van der Waals surface area contributed by atoms with Crippen molar-refractivity contribution in [3.05, 3.63) is 41.6 Å². The van der Waals surface area contributed by atoms with Gasteiger partial charge in [-0.3, -0.25) is 14.5 Å². The normalized spacial score (nSPS) is 17.4. The zero-order valence-electron chi connectivity index (χ0n) is 13.7. The van der Waals surface area contributed by atoms with Gasteiger partial charge in [0.2, 0.25) is 0 Å². The number of rotatable bonds is 5. The monoisotopic (exact) mass is 330 g/mol. The number of nitrogens with one attached hydrogen (secondary N) is 2. The van der Waals surface area contributed by atoms with Crippen molar-refractivity contribution in [3.8, 4) is 0 Å². The number of aliphatic imine (C=N–C) groups is 1. The molecule has 2 aromatic heterocycles. The topological polar surface area (TPSA) is 110 Å². The minimum atomic E-state index is -0.416. The Morgan fingerprint density at radius 2 is 2.42 bits per heavy atom. The predicted octanol–water partition coefficient (Wildman–Crippen LogP) is 0.503. The summed E-state index contributed by atoms with van der Waals surface area (Å²) in [5.74, 6) is 1.56. The lowest BCUT2D eigenvalue weighted by molar-refractivity contribution is 0.0998. The van der Waals surface area contributed by atoms with E-state index < -0.39 is 5.91 Å². The number of fused-ring (bicyclic) bond motifs is 1. The molecule has 0 aromatic carbocycles. The van der Waals surface area contributed by atoms with Crippen molar-refractivity contribution in [1.29, 1.82) is 0 Å². The third-order valence-electron chi connectivity index (χ3n) is 4.24. The number of amides is 1. The lowest BCUT2D eigenvalue weighted by Gasteiger charge is -2.25. The molecule has 1 aliphatic heterocycles. The van der Waals surface area contributed by atoms with Gasteiger partial charge in [-0.25, -0.2) is 0 Å². The maximum Gasteiger partial charge on any atom is 0.252 e. The average molecular weight is 330 g/mol. The first-order valence-electron chi connectivity index (χ1n) is 7.98. The highest BCUT2D eigenvalue weighted by Crippen LogP contribution is 2.22. The third kappa shape index (κ3) is 3.58. The van der Waals surface area contributed by atoms with Crippen LogP contribution in [0.3, 0.4) is 0 Å². The molecule has 3 heterocycles. The van der Waals surface area contributed by atoms with Gasteiger partial charge >= 0.3 is 0 Å². The molecule has 0 saturated heterocycles. The Bertz CT molecular complexity index is 719. The van der Waals surface area contributed by atoms with Gasteiger partial charge in [0.05, 0.1) is 30.3 Å². The molecule has 4 N–H and O–H groups in total. The SMILES string of the molecule is CN=C(NCc1ccco1)NCC1CCn2ncc(C(N)=O)c2C1. The number of furan rings is 1. The second kappa shape index (κ2) is 7.20. The van der Waals surface area contributed by atoms with E-state index in [1.54, 1.807) is 19.5 Å². The molecule has 1 aliphatic rings. The van der Waals surface area contributed by atoms with E-state index in [1.165, 1.54) is 0 Å². The molecular formula is C16H22N6O2. The molecule has 1 unspecified atom stereocenters. The van der Waals surface area contributed by atoms with Crippen LogP contribution in [0.1, 0.15) is 28.2 Å². The molecule has 0 fully saturated rings. The van der Waals surface area contributed by atoms with Gasteiger partial charge < -0.3 is 20.8 Å². The van der Waals surface area contributed by atoms with Crippen LogP contribution in [0.25, 0.3) is 0 Å². The van der Waals surface area contributed by atoms with Crippen molar-refractivity contribution in [1.82, 2.24) is 20.4 Å². The summed E-state index contributed by atoms with van der Waals surface area (Å²) in [6, 6.07) is 3.77. The number of guanidine groups is 1. The van der Waals surface area contributed by atoms with Crippen LogP contribution in [-0.4, -0.2) is 35.2 Å². The zero-order valence-corrected chi connectivity index (χ0v) is 13.7. The molecule has 128 valence electrons. The molecule has 0 radical (unpaired) electrons. The Balaban J connectivity index is 1.53. The first-order valence-corrected chi connectivity index (χ1v) is 7.98. The van der Waals surface area contributed by atoms with Gasteiger partial charge in [0.1, 0.15) is 5.76 Å². The number of hydrogen-bond donors (Lipinski definition) is 3. The number of nitrogens with two attached hydrogens (primary N) is 1. The molecular weight excluding hydrogens is 308 g/mol. The quantitative estimate of drug-likeness (QED) is 0.546. The standard InChI is InChI=1S/C16H22N6O2/c1-18-16(20-9-12-3-2-6-24-12)19-8-11-4-5-22-14(7-11)13(10-21-22)15(17)23/h2-3,6,10-11H,4-5,7-9H2,1H3,(H2,17,23)(H2,18,19,20). The predicted molar refractivity (Wildman–Crippen MR) is 89.5 cm³/mol. The van der Waals surface area contributed by atoms with Crippen molar-refractivity contribution >= 4 is 11.9 Å². The van der Waals surface area contributed by atoms with Crippen LogP contribution in [0.2, 0.25) is 0 Å². The van der Waals surface area contributed by atoms with Crippen LogP contribution in [0.5, 0.6) is 0 Å². The van der Waals surface area contributed by atoms with E-state index in [0.29, 0.717) is 18.0 Å². The summed E-state index contributed by atoms with van der Waals surface area (Å²) in [6.45, 7) is 2.14. The van der Waals surface area contributed by atoms with Gasteiger partial charge in [-0.2, -0.15) is 5.10 Å². The van der Waals surface area contributed by atoms with E-state index in [-0.39, 0.29) is 0 Å². The first kappa shape index (κ1) is 16.1. The minimum Gasteiger partial charge on any atom is -0.467 e. The highest BCUT2D eigenvalue weighted by molar-refractivity contribution is 5.93. The van der Waals surface area contributed by atoms with Crippen LogP contribution < -0.4 is 16.4 Å². The van der Waals surface area contributed by atoms with E-state index in [0.717, 1.165) is 43.3 Å². The first-order chi connectivity index (χ1) is 11.7. The van der Waals surface area contributed by atoms with E-state index in [4.69, 9.17) is 10.2 Å². The second-order valence-electron chi connectivity index (χ2n) is 5.84. The summed E-state index contributed by atoms with van der Waals surface area (Å²) in [4.78, 5) is 15.7. The van der Waals surface area contributed by atoms with Gasteiger partial charge in [-0.05, 0) is 30.9 Å². The summed E-state index contributed by atoms with van der Waals surface area (Å²) in [7, 11) is 1.73. The highest BCUT2D eigenvalue weighted by Gasteiger charge is 2.24. The van der Waals surface area contributed by atoms with E-state index in [9.17, 15) is 4.79 Å². The van der Waals surface area contributed by atoms with E-state index in [2.05, 4.69) is 20.7 Å². The largest absolute Gasteiger partial charge is 0.467 e. The van der Waals surface area contributed by atoms with Crippen LogP contribution in [0.15, 0.2) is 34.0 Å². The molecule has 8 heteroatoms. The summed E-state index contributed by atoms with van der Waals surface area (Å²) in [5, 5.41) is 10.8. The van der Waals surface area contributed by atoms with Crippen molar-refractivity contribution < 1.29 is 9.21 Å². The molecule has 0 saturated carbocycles. The van der Waals surface area contributed by atoms with Crippen LogP contribution >= 0.6 is 0 Å². The Morgan fingerprint density at radius 1 is 1.54 bits per heavy atom. The number of aryl methyl sites for hydroxylation is 1. The Labute approximate surface area is 140 Å². The maximum absolute atomic E-state index is 11.5. The number of nitrogens with zero attached hydrogens (tertiary/aromatic N) is 3. The van der Waals surface area contributed by atoms with Crippen molar-refractivity contribution in [2.75, 3.05) is 13.6 Å². The van der Waals surface area contributed by atoms with Crippen LogP contribution in [0.4, 0.5) is 0 Å². The summed E-state index contributed by atoms with van der Waals surface area (Å²) >= 11 is 0. The van der Waals surface area contributed by atoms with Gasteiger partial charge in [0.15, 0.2) is 5.96 Å². The lowest BCUT2D eigenvalue weighted by atomic mass is 9.94. The molecule has 2 aromatic rings. The van der Waals surface area contributed by atoms with Crippen LogP contribution in [0, 0.1) is 5.92 Å². The average Bonchev–Trinajstić information content (AvgIpc) is 3.24. The van der Waals surface area contributed by atoms with Crippen molar-refractivity contribution in [3.63, 3.8) is 0 Å². The number of carbonyl (C=O) groups excluding carboxylic acids is 1. The minimum absolute atomic E-state index is 0.398. The summed E-state index contributed by atoms with van der Waals surface area (Å²) < 4.78 is 7.17. The number of primary amides is 1. The molecule has 0 spiro atoms. The maximum atomic E-state index is 11.5. The van der Waals surface area contributed by atoms with Gasteiger partial charge in [-0.15, -0.1) is 0 Å². The zero-order chi connectivity index (χ0) is 16.9. The molecule has 1 atom stereocenters. The molecule has 24 heavy (non-hydrogen) atoms. The number of hydrogen-bond acceptors (Lipinski definition) is 4. The van der Waals surface area contributed by atoms with E-state index >= 15 is 0 Å². The molecule has 0 aliphatic carbocycles. The molecule has 3 rings (SSSR count). The third-order valence-corrected chi connectivity index (χ3v) is 4.24. The van der Waals surface area contributed by atoms with Gasteiger partial charge in [0.25, 0.3) is 5.91 Å². The molecule has 8 nitrogen and oxygen atoms in total. The Kier molecular flexibility index (Phi) is 4.83. The molecule has 0 bridgehead atoms. The highest BCUT2D eigenvalue weighted by atomic mass is 16.3. The van der Waals surface area contributed by atoms with Crippen molar-refractivity contribution in [2.24, 2.45) is 16.6 Å². The Morgan fingerprint density at radius 3 is 3.12 bits per heavy atom. The Hall–Kier alpha value is -2.77. The van der Waals surface area contributed by atoms with Gasteiger partial charge in [-0.1, -0.05) is 0 Å². The lowest BCUT2D eigenvalue weighted by Crippen LogP contribution is -2.40. The van der Waals surface area contributed by atoms with Crippen molar-refractivity contribution in [2.45, 2.75) is 25.9 Å². The fraction of sp³-hybridized carbons (Fsp3) is 0.438. The number of carbonyl (C=O) groups is 1. The number of aromatic nitrogens is 2. The van der Waals surface area contributed by atoms with Gasteiger partial charge in [0, 0.05) is 20.1 Å². The smallest absolute Gasteiger partial charge is 0.252 e. The second-order valence-corrected chi connectivity index (χ2v) is 5.84. The fourth-order valence-electron chi connectivity index (χ4n) is 2.92. The summed E-state index contributed by atoms with van der Waals surface area (Å²) in [5.41, 5.74) is 6.87. The summed E-state index contributed by atoms with van der Waals surface area (Å²) in [6.07, 6.45) is 4.99. The van der Waals surface area contributed by atoms with E-state index in [1.807, 2.05) is 16.8 Å².